The Morgan fingerprint density at radius 3 is 2.35 bits per heavy atom. The molecule has 2 heteroatoms. The van der Waals surface area contributed by atoms with Crippen LogP contribution < -0.4 is 5.32 Å². The third-order valence-electron chi connectivity index (χ3n) is 3.63. The van der Waals surface area contributed by atoms with Gasteiger partial charge in [-0.15, -0.1) is 0 Å². The largest absolute Gasteiger partial charge is 0.315 e. The smallest absolute Gasteiger partial charge is 0.0110 e. The van der Waals surface area contributed by atoms with Crippen LogP contribution in [0.2, 0.25) is 0 Å². The quantitative estimate of drug-likeness (QED) is 0.590. The molecule has 0 unspecified atom stereocenters. The molecule has 1 saturated carbocycles. The zero-order valence-electron chi connectivity index (χ0n) is 12.3. The molecule has 102 valence electrons. The summed E-state index contributed by atoms with van der Waals surface area (Å²) in [7, 11) is 0. The van der Waals surface area contributed by atoms with Gasteiger partial charge in [-0.2, -0.15) is 0 Å². The lowest BCUT2D eigenvalue weighted by atomic mass is 10.1. The summed E-state index contributed by atoms with van der Waals surface area (Å²) in [4.78, 5) is 2.63. The number of nitrogens with zero attached hydrogens (tertiary/aromatic N) is 1. The van der Waals surface area contributed by atoms with Crippen LogP contribution in [0.4, 0.5) is 0 Å². The lowest BCUT2D eigenvalue weighted by Gasteiger charge is -2.26. The van der Waals surface area contributed by atoms with Crippen molar-refractivity contribution in [3.05, 3.63) is 0 Å². The highest BCUT2D eigenvalue weighted by Gasteiger charge is 2.24. The van der Waals surface area contributed by atoms with Crippen molar-refractivity contribution in [3.63, 3.8) is 0 Å². The maximum Gasteiger partial charge on any atom is 0.0110 e. The first-order chi connectivity index (χ1) is 8.09. The van der Waals surface area contributed by atoms with Gasteiger partial charge in [0.05, 0.1) is 0 Å². The lowest BCUT2D eigenvalue weighted by molar-refractivity contribution is 0.213. The summed E-state index contributed by atoms with van der Waals surface area (Å²) in [5, 5.41) is 3.58. The van der Waals surface area contributed by atoms with E-state index in [4.69, 9.17) is 0 Å². The first kappa shape index (κ1) is 15.0. The number of hydrogen-bond acceptors (Lipinski definition) is 2. The lowest BCUT2D eigenvalue weighted by Crippen LogP contribution is -2.38. The van der Waals surface area contributed by atoms with Gasteiger partial charge >= 0.3 is 0 Å². The fourth-order valence-electron chi connectivity index (χ4n) is 2.18. The van der Waals surface area contributed by atoms with Gasteiger partial charge in [0.25, 0.3) is 0 Å². The SMILES string of the molecule is CC(C)CCCNCCN(CC1CC1)C(C)C. The normalized spacial score (nSPS) is 16.4. The van der Waals surface area contributed by atoms with Gasteiger partial charge in [0, 0.05) is 25.7 Å². The average molecular weight is 240 g/mol. The van der Waals surface area contributed by atoms with Gasteiger partial charge in [0.2, 0.25) is 0 Å². The Bertz CT molecular complexity index is 185. The Morgan fingerprint density at radius 2 is 1.82 bits per heavy atom. The van der Waals surface area contributed by atoms with Crippen molar-refractivity contribution >= 4 is 0 Å². The first-order valence-electron chi connectivity index (χ1n) is 7.54. The van der Waals surface area contributed by atoms with Crippen LogP contribution in [0.3, 0.4) is 0 Å². The van der Waals surface area contributed by atoms with Crippen LogP contribution >= 0.6 is 0 Å². The molecule has 0 amide bonds. The standard InChI is InChI=1S/C15H32N2/c1-13(2)6-5-9-16-10-11-17(14(3)4)12-15-7-8-15/h13-16H,5-12H2,1-4H3. The fourth-order valence-corrected chi connectivity index (χ4v) is 2.18. The molecule has 1 fully saturated rings. The van der Waals surface area contributed by atoms with Gasteiger partial charge in [0.15, 0.2) is 0 Å². The molecule has 0 bridgehead atoms. The highest BCUT2D eigenvalue weighted by atomic mass is 15.2. The van der Waals surface area contributed by atoms with Crippen LogP contribution in [0.1, 0.15) is 53.4 Å². The van der Waals surface area contributed by atoms with E-state index in [1.54, 1.807) is 0 Å². The number of hydrogen-bond donors (Lipinski definition) is 1. The molecular weight excluding hydrogens is 208 g/mol. The van der Waals surface area contributed by atoms with Crippen LogP contribution in [0.5, 0.6) is 0 Å². The molecule has 0 heterocycles. The second-order valence-electron chi connectivity index (χ2n) is 6.32. The predicted molar refractivity (Wildman–Crippen MR) is 76.4 cm³/mol. The van der Waals surface area contributed by atoms with Crippen LogP contribution in [-0.4, -0.2) is 37.1 Å². The van der Waals surface area contributed by atoms with Crippen molar-refractivity contribution in [2.24, 2.45) is 11.8 Å². The molecule has 0 radical (unpaired) electrons. The summed E-state index contributed by atoms with van der Waals surface area (Å²) >= 11 is 0. The molecule has 2 nitrogen and oxygen atoms in total. The van der Waals surface area contributed by atoms with Crippen LogP contribution in [-0.2, 0) is 0 Å². The molecule has 1 aliphatic rings. The van der Waals surface area contributed by atoms with E-state index < -0.39 is 0 Å². The zero-order chi connectivity index (χ0) is 12.7. The molecule has 1 rings (SSSR count). The van der Waals surface area contributed by atoms with Crippen molar-refractivity contribution in [2.45, 2.75) is 59.4 Å². The predicted octanol–water partition coefficient (Wildman–Crippen LogP) is 3.13. The van der Waals surface area contributed by atoms with E-state index in [2.05, 4.69) is 37.9 Å². The number of rotatable bonds is 10. The summed E-state index contributed by atoms with van der Waals surface area (Å²) in [5.41, 5.74) is 0. The topological polar surface area (TPSA) is 15.3 Å². The Labute approximate surface area is 108 Å². The van der Waals surface area contributed by atoms with E-state index in [1.807, 2.05) is 0 Å². The molecule has 1 N–H and O–H groups in total. The van der Waals surface area contributed by atoms with Gasteiger partial charge in [-0.25, -0.2) is 0 Å². The summed E-state index contributed by atoms with van der Waals surface area (Å²) in [6.45, 7) is 14.1. The van der Waals surface area contributed by atoms with Crippen molar-refractivity contribution < 1.29 is 0 Å². The van der Waals surface area contributed by atoms with Crippen LogP contribution in [0.15, 0.2) is 0 Å². The number of nitrogens with one attached hydrogen (secondary N) is 1. The molecule has 0 atom stereocenters. The van der Waals surface area contributed by atoms with Gasteiger partial charge < -0.3 is 5.32 Å². The second-order valence-corrected chi connectivity index (χ2v) is 6.32. The molecule has 0 aromatic rings. The van der Waals surface area contributed by atoms with Crippen molar-refractivity contribution in [3.8, 4) is 0 Å². The maximum absolute atomic E-state index is 3.58. The highest BCUT2D eigenvalue weighted by Crippen LogP contribution is 2.30. The minimum atomic E-state index is 0.702. The van der Waals surface area contributed by atoms with Crippen molar-refractivity contribution in [1.82, 2.24) is 10.2 Å². The molecule has 1 aliphatic carbocycles. The minimum absolute atomic E-state index is 0.702. The van der Waals surface area contributed by atoms with E-state index >= 15 is 0 Å². The van der Waals surface area contributed by atoms with Gasteiger partial charge in [0.1, 0.15) is 0 Å². The van der Waals surface area contributed by atoms with Gasteiger partial charge in [-0.05, 0) is 57.9 Å². The molecule has 0 aromatic heterocycles. The van der Waals surface area contributed by atoms with Crippen LogP contribution in [0, 0.1) is 11.8 Å². The molecule has 17 heavy (non-hydrogen) atoms. The maximum atomic E-state index is 3.58. The Kier molecular flexibility index (Phi) is 7.14. The van der Waals surface area contributed by atoms with Crippen molar-refractivity contribution in [1.29, 1.82) is 0 Å². The molecule has 0 saturated heterocycles. The zero-order valence-corrected chi connectivity index (χ0v) is 12.3. The summed E-state index contributed by atoms with van der Waals surface area (Å²) in [5.74, 6) is 1.86. The van der Waals surface area contributed by atoms with E-state index in [0.717, 1.165) is 18.4 Å². The third kappa shape index (κ3) is 7.77. The summed E-state index contributed by atoms with van der Waals surface area (Å²) in [6.07, 6.45) is 5.60. The van der Waals surface area contributed by atoms with Gasteiger partial charge in [-0.1, -0.05) is 13.8 Å². The monoisotopic (exact) mass is 240 g/mol. The molecule has 0 aromatic carbocycles. The third-order valence-corrected chi connectivity index (χ3v) is 3.63. The average Bonchev–Trinajstić information content (AvgIpc) is 3.04. The van der Waals surface area contributed by atoms with Crippen LogP contribution in [0.25, 0.3) is 0 Å². The van der Waals surface area contributed by atoms with E-state index in [1.165, 1.54) is 45.3 Å². The molecule has 0 spiro atoms. The Balaban J connectivity index is 1.98. The molecular formula is C15H32N2. The van der Waals surface area contributed by atoms with E-state index in [9.17, 15) is 0 Å². The van der Waals surface area contributed by atoms with Crippen molar-refractivity contribution in [2.75, 3.05) is 26.2 Å². The Hall–Kier alpha value is -0.0800. The van der Waals surface area contributed by atoms with E-state index in [-0.39, 0.29) is 0 Å². The molecule has 0 aliphatic heterocycles. The summed E-state index contributed by atoms with van der Waals surface area (Å²) in [6, 6.07) is 0.702. The summed E-state index contributed by atoms with van der Waals surface area (Å²) < 4.78 is 0. The first-order valence-corrected chi connectivity index (χ1v) is 7.54. The second kappa shape index (κ2) is 8.10. The Morgan fingerprint density at radius 1 is 1.12 bits per heavy atom. The highest BCUT2D eigenvalue weighted by molar-refractivity contribution is 4.79. The fraction of sp³-hybridized carbons (Fsp3) is 1.00. The van der Waals surface area contributed by atoms with E-state index in [0.29, 0.717) is 6.04 Å². The van der Waals surface area contributed by atoms with Gasteiger partial charge in [-0.3, -0.25) is 4.90 Å². The minimum Gasteiger partial charge on any atom is -0.315 e.